The van der Waals surface area contributed by atoms with Gasteiger partial charge < -0.3 is 20.9 Å². The molecule has 7 nitrogen and oxygen atoms in total. The first-order chi connectivity index (χ1) is 13.5. The Balaban J connectivity index is 1.42. The molecule has 7 heteroatoms. The minimum atomic E-state index is -0.0993. The van der Waals surface area contributed by atoms with Gasteiger partial charge in [-0.1, -0.05) is 30.3 Å². The quantitative estimate of drug-likeness (QED) is 0.715. The van der Waals surface area contributed by atoms with Crippen molar-refractivity contribution in [2.75, 3.05) is 24.3 Å². The number of aromatic nitrogens is 2. The third-order valence-electron chi connectivity index (χ3n) is 5.06. The summed E-state index contributed by atoms with van der Waals surface area (Å²) in [6.45, 7) is 2.56. The normalized spacial score (nSPS) is 19.0. The lowest BCUT2D eigenvalue weighted by Crippen LogP contribution is -2.44. The smallest absolute Gasteiger partial charge is 0.315 e. The summed E-state index contributed by atoms with van der Waals surface area (Å²) < 4.78 is 0. The first kappa shape index (κ1) is 19.9. The molecule has 0 bridgehead atoms. The largest absolute Gasteiger partial charge is 0.362 e. The molecule has 1 aliphatic rings. The number of anilines is 2. The summed E-state index contributed by atoms with van der Waals surface area (Å²) in [6.07, 6.45) is 5.72. The molecule has 2 aromatic rings. The molecule has 0 atom stereocenters. The molecule has 150 valence electrons. The maximum atomic E-state index is 12.1. The Hall–Kier alpha value is -2.83. The second-order valence-corrected chi connectivity index (χ2v) is 7.60. The minimum absolute atomic E-state index is 0.0993. The van der Waals surface area contributed by atoms with E-state index in [0.717, 1.165) is 42.6 Å². The van der Waals surface area contributed by atoms with Crippen LogP contribution in [0.5, 0.6) is 0 Å². The highest BCUT2D eigenvalue weighted by atomic mass is 16.2. The van der Waals surface area contributed by atoms with Crippen LogP contribution in [0.1, 0.15) is 36.8 Å². The van der Waals surface area contributed by atoms with Gasteiger partial charge in [0.2, 0.25) is 5.95 Å². The van der Waals surface area contributed by atoms with E-state index in [1.165, 1.54) is 0 Å². The SMILES string of the molecule is Cc1cnc(NC2CCC(NC(=O)NCc3ccccc3)CC2)nc1N(C)C. The van der Waals surface area contributed by atoms with Crippen molar-refractivity contribution in [2.24, 2.45) is 0 Å². The number of nitrogens with one attached hydrogen (secondary N) is 3. The van der Waals surface area contributed by atoms with Gasteiger partial charge in [-0.25, -0.2) is 9.78 Å². The zero-order valence-corrected chi connectivity index (χ0v) is 16.9. The first-order valence-electron chi connectivity index (χ1n) is 9.87. The predicted molar refractivity (Wildman–Crippen MR) is 113 cm³/mol. The molecule has 0 unspecified atom stereocenters. The van der Waals surface area contributed by atoms with Crippen LogP contribution in [-0.2, 0) is 6.54 Å². The molecule has 28 heavy (non-hydrogen) atoms. The zero-order valence-electron chi connectivity index (χ0n) is 16.9. The van der Waals surface area contributed by atoms with Crippen molar-refractivity contribution < 1.29 is 4.79 Å². The highest BCUT2D eigenvalue weighted by Gasteiger charge is 2.23. The van der Waals surface area contributed by atoms with E-state index in [4.69, 9.17) is 0 Å². The Morgan fingerprint density at radius 3 is 2.46 bits per heavy atom. The van der Waals surface area contributed by atoms with E-state index in [0.29, 0.717) is 18.5 Å². The topological polar surface area (TPSA) is 82.2 Å². The third-order valence-corrected chi connectivity index (χ3v) is 5.06. The van der Waals surface area contributed by atoms with E-state index in [-0.39, 0.29) is 12.1 Å². The van der Waals surface area contributed by atoms with Crippen molar-refractivity contribution in [1.82, 2.24) is 20.6 Å². The molecule has 3 rings (SSSR count). The van der Waals surface area contributed by atoms with Crippen molar-refractivity contribution in [2.45, 2.75) is 51.2 Å². The summed E-state index contributed by atoms with van der Waals surface area (Å²) in [5.41, 5.74) is 2.16. The maximum Gasteiger partial charge on any atom is 0.315 e. The minimum Gasteiger partial charge on any atom is -0.362 e. The van der Waals surface area contributed by atoms with Gasteiger partial charge in [-0.3, -0.25) is 0 Å². The van der Waals surface area contributed by atoms with E-state index < -0.39 is 0 Å². The molecule has 0 aliphatic heterocycles. The van der Waals surface area contributed by atoms with Crippen LogP contribution >= 0.6 is 0 Å². The number of hydrogen-bond acceptors (Lipinski definition) is 5. The summed E-state index contributed by atoms with van der Waals surface area (Å²) in [7, 11) is 3.97. The molecular weight excluding hydrogens is 352 g/mol. The standard InChI is InChI=1S/C21H30N6O/c1-15-13-22-20(26-19(15)27(2)3)24-17-9-11-18(12-10-17)25-21(28)23-14-16-7-5-4-6-8-16/h4-8,13,17-18H,9-12,14H2,1-3H3,(H,22,24,26)(H2,23,25,28). The van der Waals surface area contributed by atoms with Gasteiger partial charge in [-0.15, -0.1) is 0 Å². The maximum absolute atomic E-state index is 12.1. The lowest BCUT2D eigenvalue weighted by atomic mass is 9.91. The lowest BCUT2D eigenvalue weighted by Gasteiger charge is -2.30. The highest BCUT2D eigenvalue weighted by Crippen LogP contribution is 2.22. The van der Waals surface area contributed by atoms with Crippen LogP contribution in [0.25, 0.3) is 0 Å². The van der Waals surface area contributed by atoms with Gasteiger partial charge in [0.15, 0.2) is 0 Å². The second-order valence-electron chi connectivity index (χ2n) is 7.60. The lowest BCUT2D eigenvalue weighted by molar-refractivity contribution is 0.231. The van der Waals surface area contributed by atoms with E-state index in [1.807, 2.05) is 62.4 Å². The summed E-state index contributed by atoms with van der Waals surface area (Å²) >= 11 is 0. The van der Waals surface area contributed by atoms with Gasteiger partial charge in [0.05, 0.1) is 0 Å². The number of amides is 2. The van der Waals surface area contributed by atoms with Crippen LogP contribution < -0.4 is 20.9 Å². The van der Waals surface area contributed by atoms with Crippen LogP contribution in [-0.4, -0.2) is 42.2 Å². The summed E-state index contributed by atoms with van der Waals surface area (Å²) in [4.78, 5) is 23.1. The number of nitrogens with zero attached hydrogens (tertiary/aromatic N) is 3. The number of benzene rings is 1. The number of urea groups is 1. The number of rotatable bonds is 6. The Morgan fingerprint density at radius 2 is 1.79 bits per heavy atom. The molecule has 3 N–H and O–H groups in total. The van der Waals surface area contributed by atoms with Crippen LogP contribution in [0.3, 0.4) is 0 Å². The Morgan fingerprint density at radius 1 is 1.11 bits per heavy atom. The van der Waals surface area contributed by atoms with Crippen molar-refractivity contribution in [3.8, 4) is 0 Å². The molecule has 0 saturated heterocycles. The molecule has 0 radical (unpaired) electrons. The number of aryl methyl sites for hydroxylation is 1. The fourth-order valence-electron chi connectivity index (χ4n) is 3.53. The van der Waals surface area contributed by atoms with Gasteiger partial charge in [0.1, 0.15) is 5.82 Å². The van der Waals surface area contributed by atoms with Crippen molar-refractivity contribution in [1.29, 1.82) is 0 Å². The summed E-state index contributed by atoms with van der Waals surface area (Å²) in [5, 5.41) is 9.46. The molecule has 1 aromatic heterocycles. The monoisotopic (exact) mass is 382 g/mol. The fourth-order valence-corrected chi connectivity index (χ4v) is 3.53. The van der Waals surface area contributed by atoms with Crippen molar-refractivity contribution >= 4 is 17.8 Å². The third kappa shape index (κ3) is 5.58. The molecular formula is C21H30N6O. The molecule has 1 saturated carbocycles. The molecule has 1 heterocycles. The average molecular weight is 383 g/mol. The molecule has 1 fully saturated rings. The van der Waals surface area contributed by atoms with Gasteiger partial charge in [-0.2, -0.15) is 4.98 Å². The molecule has 2 amide bonds. The number of hydrogen-bond donors (Lipinski definition) is 3. The molecule has 0 spiro atoms. The Bertz CT molecular complexity index is 772. The Kier molecular flexibility index (Phi) is 6.68. The van der Waals surface area contributed by atoms with Gasteiger partial charge in [-0.05, 0) is 38.2 Å². The van der Waals surface area contributed by atoms with Gasteiger partial charge in [0, 0.05) is 44.5 Å². The number of carbonyl (C=O) groups is 1. The van der Waals surface area contributed by atoms with Crippen LogP contribution in [0, 0.1) is 6.92 Å². The number of carbonyl (C=O) groups excluding carboxylic acids is 1. The first-order valence-corrected chi connectivity index (χ1v) is 9.87. The van der Waals surface area contributed by atoms with Crippen LogP contribution in [0.4, 0.5) is 16.6 Å². The van der Waals surface area contributed by atoms with Crippen LogP contribution in [0.15, 0.2) is 36.5 Å². The van der Waals surface area contributed by atoms with E-state index >= 15 is 0 Å². The van der Waals surface area contributed by atoms with Gasteiger partial charge >= 0.3 is 6.03 Å². The van der Waals surface area contributed by atoms with Crippen molar-refractivity contribution in [3.05, 3.63) is 47.7 Å². The highest BCUT2D eigenvalue weighted by molar-refractivity contribution is 5.74. The summed E-state index contributed by atoms with van der Waals surface area (Å²) in [6, 6.07) is 10.4. The van der Waals surface area contributed by atoms with Gasteiger partial charge in [0.25, 0.3) is 0 Å². The second kappa shape index (κ2) is 9.39. The Labute approximate surface area is 167 Å². The summed E-state index contributed by atoms with van der Waals surface area (Å²) in [5.74, 6) is 1.61. The average Bonchev–Trinajstić information content (AvgIpc) is 2.70. The molecule has 1 aliphatic carbocycles. The fraction of sp³-hybridized carbons (Fsp3) is 0.476. The zero-order chi connectivity index (χ0) is 19.9. The van der Waals surface area contributed by atoms with Crippen molar-refractivity contribution in [3.63, 3.8) is 0 Å². The van der Waals surface area contributed by atoms with Crippen LogP contribution in [0.2, 0.25) is 0 Å². The molecule has 1 aromatic carbocycles. The predicted octanol–water partition coefficient (Wildman–Crippen LogP) is 3.07. The van der Waals surface area contributed by atoms with E-state index in [2.05, 4.69) is 25.9 Å². The van der Waals surface area contributed by atoms with E-state index in [9.17, 15) is 4.79 Å². The van der Waals surface area contributed by atoms with E-state index in [1.54, 1.807) is 0 Å².